The number of ether oxygens (including phenoxy) is 1. The quantitative estimate of drug-likeness (QED) is 0.524. The van der Waals surface area contributed by atoms with E-state index in [1.54, 1.807) is 24.3 Å². The first-order chi connectivity index (χ1) is 14.2. The highest BCUT2D eigenvalue weighted by Crippen LogP contribution is 2.25. The molecule has 0 fully saturated rings. The second-order valence-electron chi connectivity index (χ2n) is 6.24. The predicted molar refractivity (Wildman–Crippen MR) is 113 cm³/mol. The first-order valence-corrected chi connectivity index (χ1v) is 10.2. The third kappa shape index (κ3) is 6.11. The fourth-order valence-corrected chi connectivity index (χ4v) is 3.20. The fraction of sp³-hybridized carbons (Fsp3) is 0.238. The molecule has 0 aliphatic rings. The van der Waals surface area contributed by atoms with Crippen molar-refractivity contribution in [1.82, 2.24) is 15.5 Å². The van der Waals surface area contributed by atoms with Gasteiger partial charge in [-0.15, -0.1) is 10.2 Å². The van der Waals surface area contributed by atoms with Crippen LogP contribution in [0.5, 0.6) is 5.75 Å². The van der Waals surface area contributed by atoms with Crippen molar-refractivity contribution >= 4 is 28.3 Å². The third-order valence-electron chi connectivity index (χ3n) is 3.98. The van der Waals surface area contributed by atoms with E-state index in [2.05, 4.69) is 27.8 Å². The van der Waals surface area contributed by atoms with Gasteiger partial charge in [0.1, 0.15) is 10.8 Å². The number of nitrogens with one attached hydrogen (secondary N) is 2. The lowest BCUT2D eigenvalue weighted by Gasteiger charge is -2.07. The highest BCUT2D eigenvalue weighted by Gasteiger charge is 2.12. The van der Waals surface area contributed by atoms with E-state index in [4.69, 9.17) is 4.74 Å². The SMILES string of the molecule is CCCCOc1ccc(C(=O)NCC(=O)Nc2nnc(-c3ccccc3)s2)cc1. The van der Waals surface area contributed by atoms with E-state index in [0.717, 1.165) is 24.2 Å². The lowest BCUT2D eigenvalue weighted by Crippen LogP contribution is -2.32. The number of nitrogens with zero attached hydrogens (tertiary/aromatic N) is 2. The van der Waals surface area contributed by atoms with Crippen LogP contribution in [0.25, 0.3) is 10.6 Å². The number of hydrogen-bond acceptors (Lipinski definition) is 6. The molecule has 2 N–H and O–H groups in total. The molecule has 0 bridgehead atoms. The maximum Gasteiger partial charge on any atom is 0.251 e. The molecule has 3 rings (SSSR count). The number of amides is 2. The van der Waals surface area contributed by atoms with Crippen LogP contribution in [0.4, 0.5) is 5.13 Å². The molecule has 0 aliphatic heterocycles. The van der Waals surface area contributed by atoms with Gasteiger partial charge in [-0.1, -0.05) is 55.0 Å². The second kappa shape index (κ2) is 10.3. The average Bonchev–Trinajstić information content (AvgIpc) is 3.22. The molecule has 0 spiro atoms. The van der Waals surface area contributed by atoms with Gasteiger partial charge in [0.2, 0.25) is 11.0 Å². The minimum Gasteiger partial charge on any atom is -0.494 e. The van der Waals surface area contributed by atoms with Gasteiger partial charge in [-0.05, 0) is 30.7 Å². The minimum atomic E-state index is -0.367. The summed E-state index contributed by atoms with van der Waals surface area (Å²) in [7, 11) is 0. The molecule has 0 saturated carbocycles. The summed E-state index contributed by atoms with van der Waals surface area (Å²) in [6.07, 6.45) is 2.05. The monoisotopic (exact) mass is 410 g/mol. The second-order valence-corrected chi connectivity index (χ2v) is 7.21. The fourth-order valence-electron chi connectivity index (χ4n) is 2.43. The molecule has 1 aromatic heterocycles. The summed E-state index contributed by atoms with van der Waals surface area (Å²) in [6, 6.07) is 16.4. The standard InChI is InChI=1S/C21H22N4O3S/c1-2-3-13-28-17-11-9-15(10-12-17)19(27)22-14-18(26)23-21-25-24-20(29-21)16-7-5-4-6-8-16/h4-12H,2-3,13-14H2,1H3,(H,22,27)(H,23,25,26). The molecule has 2 amide bonds. The van der Waals surface area contributed by atoms with Gasteiger partial charge in [0.05, 0.1) is 13.2 Å². The Morgan fingerprint density at radius 2 is 1.79 bits per heavy atom. The van der Waals surface area contributed by atoms with Crippen molar-refractivity contribution in [3.05, 3.63) is 60.2 Å². The Morgan fingerprint density at radius 3 is 2.52 bits per heavy atom. The number of rotatable bonds is 9. The Morgan fingerprint density at radius 1 is 1.03 bits per heavy atom. The number of aromatic nitrogens is 2. The van der Waals surface area contributed by atoms with Crippen molar-refractivity contribution in [3.63, 3.8) is 0 Å². The first kappa shape index (κ1) is 20.5. The Balaban J connectivity index is 1.46. The van der Waals surface area contributed by atoms with Gasteiger partial charge in [-0.25, -0.2) is 0 Å². The van der Waals surface area contributed by atoms with Crippen LogP contribution in [0.1, 0.15) is 30.1 Å². The molecule has 0 unspecified atom stereocenters. The molecular formula is C21H22N4O3S. The summed E-state index contributed by atoms with van der Waals surface area (Å²) in [5, 5.41) is 14.4. The van der Waals surface area contributed by atoms with Crippen molar-refractivity contribution in [1.29, 1.82) is 0 Å². The van der Waals surface area contributed by atoms with E-state index >= 15 is 0 Å². The van der Waals surface area contributed by atoms with E-state index in [9.17, 15) is 9.59 Å². The highest BCUT2D eigenvalue weighted by molar-refractivity contribution is 7.18. The van der Waals surface area contributed by atoms with Crippen LogP contribution in [0.15, 0.2) is 54.6 Å². The number of anilines is 1. The Labute approximate surface area is 173 Å². The van der Waals surface area contributed by atoms with E-state index in [1.807, 2.05) is 30.3 Å². The van der Waals surface area contributed by atoms with Crippen LogP contribution in [-0.4, -0.2) is 35.2 Å². The van der Waals surface area contributed by atoms with Crippen LogP contribution in [0.2, 0.25) is 0 Å². The molecule has 0 saturated heterocycles. The van der Waals surface area contributed by atoms with E-state index in [0.29, 0.717) is 22.3 Å². The van der Waals surface area contributed by atoms with Crippen LogP contribution < -0.4 is 15.4 Å². The van der Waals surface area contributed by atoms with Crippen molar-refractivity contribution in [2.75, 3.05) is 18.5 Å². The topological polar surface area (TPSA) is 93.2 Å². The van der Waals surface area contributed by atoms with Crippen molar-refractivity contribution < 1.29 is 14.3 Å². The lowest BCUT2D eigenvalue weighted by atomic mass is 10.2. The van der Waals surface area contributed by atoms with Crippen LogP contribution >= 0.6 is 11.3 Å². The summed E-state index contributed by atoms with van der Waals surface area (Å²) in [6.45, 7) is 2.59. The van der Waals surface area contributed by atoms with Crippen LogP contribution in [0.3, 0.4) is 0 Å². The molecule has 8 heteroatoms. The van der Waals surface area contributed by atoms with Gasteiger partial charge in [0.25, 0.3) is 5.91 Å². The number of benzene rings is 2. The van der Waals surface area contributed by atoms with E-state index in [1.165, 1.54) is 11.3 Å². The summed E-state index contributed by atoms with van der Waals surface area (Å²) < 4.78 is 5.57. The minimum absolute atomic E-state index is 0.159. The molecular weight excluding hydrogens is 388 g/mol. The summed E-state index contributed by atoms with van der Waals surface area (Å²) in [5.41, 5.74) is 1.39. The Kier molecular flexibility index (Phi) is 7.29. The normalized spacial score (nSPS) is 10.4. The molecule has 1 heterocycles. The molecule has 0 radical (unpaired) electrons. The van der Waals surface area contributed by atoms with Crippen LogP contribution in [-0.2, 0) is 4.79 Å². The maximum atomic E-state index is 12.2. The zero-order valence-corrected chi connectivity index (χ0v) is 16.9. The molecule has 3 aromatic rings. The summed E-state index contributed by atoms with van der Waals surface area (Å²) in [5.74, 6) is 0.0226. The van der Waals surface area contributed by atoms with Gasteiger partial charge in [-0.3, -0.25) is 14.9 Å². The zero-order valence-electron chi connectivity index (χ0n) is 16.1. The first-order valence-electron chi connectivity index (χ1n) is 9.35. The number of carbonyl (C=O) groups is 2. The van der Waals surface area contributed by atoms with Gasteiger partial charge >= 0.3 is 0 Å². The zero-order chi connectivity index (χ0) is 20.5. The van der Waals surface area contributed by atoms with Gasteiger partial charge in [0, 0.05) is 11.1 Å². The highest BCUT2D eigenvalue weighted by atomic mass is 32.1. The third-order valence-corrected chi connectivity index (χ3v) is 4.87. The number of carbonyl (C=O) groups excluding carboxylic acids is 2. The molecule has 7 nitrogen and oxygen atoms in total. The lowest BCUT2D eigenvalue weighted by molar-refractivity contribution is -0.115. The number of unbranched alkanes of at least 4 members (excludes halogenated alkanes) is 1. The number of hydrogen-bond donors (Lipinski definition) is 2. The van der Waals surface area contributed by atoms with Gasteiger partial charge in [-0.2, -0.15) is 0 Å². The molecule has 2 aromatic carbocycles. The molecule has 150 valence electrons. The average molecular weight is 410 g/mol. The summed E-state index contributed by atoms with van der Waals surface area (Å²) in [4.78, 5) is 24.3. The van der Waals surface area contributed by atoms with Gasteiger partial charge < -0.3 is 10.1 Å². The van der Waals surface area contributed by atoms with Crippen molar-refractivity contribution in [3.8, 4) is 16.3 Å². The smallest absolute Gasteiger partial charge is 0.251 e. The van der Waals surface area contributed by atoms with Crippen molar-refractivity contribution in [2.45, 2.75) is 19.8 Å². The van der Waals surface area contributed by atoms with Crippen LogP contribution in [0, 0.1) is 0 Å². The molecule has 29 heavy (non-hydrogen) atoms. The molecule has 0 atom stereocenters. The van der Waals surface area contributed by atoms with Gasteiger partial charge in [0.15, 0.2) is 0 Å². The van der Waals surface area contributed by atoms with Crippen molar-refractivity contribution in [2.24, 2.45) is 0 Å². The largest absolute Gasteiger partial charge is 0.494 e. The Bertz CT molecular complexity index is 942. The van der Waals surface area contributed by atoms with E-state index in [-0.39, 0.29) is 18.4 Å². The summed E-state index contributed by atoms with van der Waals surface area (Å²) >= 11 is 1.27. The molecule has 0 aliphatic carbocycles. The maximum absolute atomic E-state index is 12.2. The van der Waals surface area contributed by atoms with E-state index < -0.39 is 0 Å². The Hall–Kier alpha value is -3.26. The predicted octanol–water partition coefficient (Wildman–Crippen LogP) is 3.75.